The van der Waals surface area contributed by atoms with Crippen molar-refractivity contribution in [3.05, 3.63) is 88.6 Å². The summed E-state index contributed by atoms with van der Waals surface area (Å²) in [7, 11) is 4.00. The second-order valence-electron chi connectivity index (χ2n) is 20.3. The molecule has 3 aromatic rings. The zero-order valence-corrected chi connectivity index (χ0v) is 53.2. The summed E-state index contributed by atoms with van der Waals surface area (Å²) >= 11 is 1.72. The number of aliphatic hydroxyl groups is 3. The molecule has 0 radical (unpaired) electrons. The number of amides is 8. The van der Waals surface area contributed by atoms with E-state index in [9.17, 15) is 57.8 Å². The third-order valence-corrected chi connectivity index (χ3v) is 13.2. The molecule has 0 aliphatic carbocycles. The zero-order chi connectivity index (χ0) is 68.8. The van der Waals surface area contributed by atoms with Gasteiger partial charge in [-0.05, 0) is 61.2 Å². The molecule has 0 fully saturated rings. The number of nitrogens with two attached hydrogens (primary N) is 2. The van der Waals surface area contributed by atoms with Gasteiger partial charge in [0, 0.05) is 82.0 Å². The summed E-state index contributed by atoms with van der Waals surface area (Å²) in [5.74, 6) is -8.21. The van der Waals surface area contributed by atoms with E-state index in [4.69, 9.17) is 31.9 Å². The summed E-state index contributed by atoms with van der Waals surface area (Å²) in [5.41, 5.74) is 10.7. The van der Waals surface area contributed by atoms with Gasteiger partial charge >= 0.3 is 116 Å². The number of hydrogen-bond donors (Lipinski definition) is 14. The molecular formula is C56H80N16O19Tc. The van der Waals surface area contributed by atoms with Crippen LogP contribution in [0.3, 0.4) is 0 Å². The Morgan fingerprint density at radius 2 is 1.55 bits per heavy atom. The topological polar surface area (TPSA) is 535 Å². The Morgan fingerprint density at radius 3 is 2.14 bits per heavy atom. The molecule has 1 aliphatic rings. The number of nitrogens with one attached hydrogen (secondary N) is 7. The first-order chi connectivity index (χ1) is 43.8. The largest absolute Gasteiger partial charge is 0.642 e. The number of carbonyl (C=O) groups excluding carboxylic acids is 9. The summed E-state index contributed by atoms with van der Waals surface area (Å²) in [4.78, 5) is 160. The van der Waals surface area contributed by atoms with E-state index in [-0.39, 0.29) is 80.3 Å². The van der Waals surface area contributed by atoms with Gasteiger partial charge in [-0.15, -0.1) is 0 Å². The molecule has 1 aliphatic heterocycles. The van der Waals surface area contributed by atoms with E-state index < -0.39 is 122 Å². The molecule has 3 heterocycles. The number of pyridine rings is 2. The number of carboxylic acids is 2. The molecule has 4 atom stereocenters. The van der Waals surface area contributed by atoms with Gasteiger partial charge in [-0.3, -0.25) is 53.1 Å². The van der Waals surface area contributed by atoms with Gasteiger partial charge in [-0.2, -0.15) is 0 Å². The van der Waals surface area contributed by atoms with E-state index in [0.29, 0.717) is 48.3 Å². The Balaban J connectivity index is 0.000000753. The van der Waals surface area contributed by atoms with Crippen molar-refractivity contribution in [1.82, 2.24) is 50.2 Å². The molecule has 8 amide bonds. The number of benzene rings is 1. The average molecular weight is 1380 g/mol. The van der Waals surface area contributed by atoms with Crippen LogP contribution in [-0.4, -0.2) is 215 Å². The Labute approximate surface area is 539 Å². The Kier molecular flexibility index (Phi) is 36.7. The number of esters is 1. The van der Waals surface area contributed by atoms with Gasteiger partial charge in [0.1, 0.15) is 24.2 Å². The second kappa shape index (κ2) is 42.8. The number of aliphatic hydroxyl groups excluding tert-OH is 3. The number of rotatable bonds is 29. The summed E-state index contributed by atoms with van der Waals surface area (Å²) in [6, 6.07) is 5.97. The third kappa shape index (κ3) is 29.7. The number of aliphatic imine (C=N–C) groups is 1. The molecule has 0 saturated heterocycles. The quantitative estimate of drug-likeness (QED) is 0.00509. The maximum absolute atomic E-state index is 14.0. The Morgan fingerprint density at radius 1 is 0.870 bits per heavy atom. The third-order valence-electron chi connectivity index (χ3n) is 13.0. The number of ether oxygens (including phenoxy) is 1. The van der Waals surface area contributed by atoms with E-state index >= 15 is 0 Å². The van der Waals surface area contributed by atoms with Crippen molar-refractivity contribution < 1.29 is 111 Å². The molecular weight excluding hydrogens is 1300 g/mol. The number of guanidine groups is 1. The van der Waals surface area contributed by atoms with E-state index in [0.717, 1.165) is 4.90 Å². The standard InChI is InChI=1S/C38H52N13O9.C12H16N2O5.C6H12NO5.Tc/c1-21(2)32-37(60)51(3)27(8-7-13-43-38(39)40)36(59)46-20-30(53)48-26(17-31(54)55)35(58)45-18-22-14-24(34(57)49-32)16-25(15-22)47-29(52)9-5-4-6-12-42-33(56)23-10-11-28(50-41)44-19-23;1-17-12(16)10(5-8-19-18-2)14-11(15)9-3-6-13-7-4-9;8-2-6(3-9,4-10)7-1-5(11)12;/h10-11,14-16,19,21,26-27,32H,4-9,12-13,17-18,20H2,1-3H3,(H,42,56)(H,45,58)(H,46,59)(H,47,52)(H,48,53)(H,49,57)(H,54,55)(H4,39,40,43);3-4,6-7,10H,5,8H2,1-2H3,(H,14,15);8-10H,1-4H2,(H,11,12);/q-1;;-1;+2/t26-,27-,32+;;;/m0.../s1. The fraction of sp³-hybridized carbons (Fsp3) is 0.500. The van der Waals surface area contributed by atoms with Crippen molar-refractivity contribution in [2.24, 2.45) is 27.5 Å². The van der Waals surface area contributed by atoms with Crippen LogP contribution in [0.4, 0.5) is 11.5 Å². The van der Waals surface area contributed by atoms with Crippen LogP contribution < -0.4 is 52.1 Å². The fourth-order valence-corrected chi connectivity index (χ4v) is 8.17. The van der Waals surface area contributed by atoms with Crippen molar-refractivity contribution in [2.45, 2.75) is 101 Å². The van der Waals surface area contributed by atoms with Gasteiger partial charge in [0.2, 0.25) is 29.5 Å². The van der Waals surface area contributed by atoms with Crippen LogP contribution in [0, 0.1) is 5.92 Å². The van der Waals surface area contributed by atoms with Gasteiger partial charge in [-0.1, -0.05) is 19.4 Å². The average Bonchev–Trinajstić information content (AvgIpc) is 1.09. The van der Waals surface area contributed by atoms with Crippen LogP contribution in [-0.2, 0) is 78.1 Å². The van der Waals surface area contributed by atoms with Gasteiger partial charge in [0.15, 0.2) is 5.96 Å². The SMILES string of the molecule is CC(C)[C@H]1NC(=O)c2cc(cc(NC(=O)CCCCCNC(=O)c3ccc(N=[N+]=[Tc])nc3)c2)CNC(=O)[C@H](CC(=O)O)NC(=O)CNC(=O)[C@H](CCCN=C(N)N)N(C)C1=O.COOCCC(NC(=O)c1ccncc1)C(=O)OC.O=C(O)C[N-]C(CO)(CO)CO. The van der Waals surface area contributed by atoms with Crippen molar-refractivity contribution in [3.8, 4) is 0 Å². The molecule has 1 aromatic carbocycles. The second-order valence-corrected chi connectivity index (χ2v) is 20.7. The van der Waals surface area contributed by atoms with Crippen LogP contribution >= 0.6 is 0 Å². The number of carbonyl (C=O) groups is 11. The van der Waals surface area contributed by atoms with E-state index in [1.54, 1.807) is 56.8 Å². The molecule has 92 heavy (non-hydrogen) atoms. The van der Waals surface area contributed by atoms with E-state index in [2.05, 4.69) is 80.5 Å². The van der Waals surface area contributed by atoms with Crippen molar-refractivity contribution in [2.75, 3.05) is 79.2 Å². The molecule has 36 heteroatoms. The molecule has 1 unspecified atom stereocenters. The summed E-state index contributed by atoms with van der Waals surface area (Å²) in [5, 5.41) is 69.2. The predicted molar refractivity (Wildman–Crippen MR) is 321 cm³/mol. The van der Waals surface area contributed by atoms with Crippen LogP contribution in [0.5, 0.6) is 0 Å². The number of hydrogen-bond acceptors (Lipinski definition) is 21. The maximum atomic E-state index is 14.0. The molecule has 505 valence electrons. The number of aromatic nitrogens is 2. The number of methoxy groups -OCH3 is 1. The monoisotopic (exact) mass is 1380 g/mol. The first kappa shape index (κ1) is 79.0. The van der Waals surface area contributed by atoms with Gasteiger partial charge < -0.3 is 83.9 Å². The molecule has 0 saturated carbocycles. The maximum Gasteiger partial charge on any atom is 0.328 e. The number of aliphatic carboxylic acids is 2. The Hall–Kier alpha value is -9.12. The predicted octanol–water partition coefficient (Wildman–Crippen LogP) is -2.29. The van der Waals surface area contributed by atoms with Crippen LogP contribution in [0.25, 0.3) is 5.32 Å². The smallest absolute Gasteiger partial charge is 0.328 e. The van der Waals surface area contributed by atoms with Crippen LogP contribution in [0.1, 0.15) is 102 Å². The minimum Gasteiger partial charge on any atom is -0.642 e. The zero-order valence-electron chi connectivity index (χ0n) is 51.3. The summed E-state index contributed by atoms with van der Waals surface area (Å²) in [6.07, 6.45) is 5.91. The number of carboxylic acid groups (broad SMARTS) is 2. The van der Waals surface area contributed by atoms with Crippen molar-refractivity contribution in [3.63, 3.8) is 0 Å². The minimum atomic E-state index is -1.55. The van der Waals surface area contributed by atoms with E-state index in [1.807, 2.05) is 0 Å². The number of likely N-dealkylation sites (N-methyl/N-ethyl adjacent to an activating group) is 1. The van der Waals surface area contributed by atoms with Crippen molar-refractivity contribution >= 4 is 82.6 Å². The van der Waals surface area contributed by atoms with Crippen LogP contribution in [0.2, 0.25) is 0 Å². The number of unbranched alkanes of at least 4 members (excludes halogenated alkanes) is 2. The summed E-state index contributed by atoms with van der Waals surface area (Å²) in [6.45, 7) is 0.890. The molecule has 35 nitrogen and oxygen atoms in total. The van der Waals surface area contributed by atoms with Crippen LogP contribution in [0.15, 0.2) is 71.2 Å². The Bertz CT molecular complexity index is 3010. The molecule has 4 rings (SSSR count). The minimum absolute atomic E-state index is 0.0150. The van der Waals surface area contributed by atoms with Crippen molar-refractivity contribution in [1.29, 1.82) is 0 Å². The molecule has 16 N–H and O–H groups in total. The van der Waals surface area contributed by atoms with E-state index in [1.165, 1.54) is 58.1 Å². The van der Waals surface area contributed by atoms with Gasteiger partial charge in [0.25, 0.3) is 17.8 Å². The number of nitrogens with zero attached hydrogens (tertiary/aromatic N) is 7. The number of fused-ring (bicyclic) bond motifs is 2. The first-order valence-corrected chi connectivity index (χ1v) is 29.2. The summed E-state index contributed by atoms with van der Waals surface area (Å²) < 4.78 is 8.22. The first-order valence-electron chi connectivity index (χ1n) is 28.3. The van der Waals surface area contributed by atoms with Gasteiger partial charge in [-0.25, -0.2) is 14.6 Å². The molecule has 0 spiro atoms. The van der Waals surface area contributed by atoms with Gasteiger partial charge in [0.05, 0.1) is 33.8 Å². The fourth-order valence-electron chi connectivity index (χ4n) is 7.98. The molecule has 2 bridgehead atoms. The number of anilines is 1. The molecule has 2 aromatic heterocycles. The normalized spacial score (nSPS) is 15.6.